The van der Waals surface area contributed by atoms with Crippen LogP contribution in [0.3, 0.4) is 0 Å². The van der Waals surface area contributed by atoms with Crippen molar-refractivity contribution in [2.24, 2.45) is 11.8 Å². The predicted octanol–water partition coefficient (Wildman–Crippen LogP) is 2.47. The van der Waals surface area contributed by atoms with Crippen molar-refractivity contribution in [1.82, 2.24) is 4.90 Å². The zero-order chi connectivity index (χ0) is 13.8. The van der Waals surface area contributed by atoms with E-state index < -0.39 is 5.60 Å². The molecule has 0 bridgehead atoms. The summed E-state index contributed by atoms with van der Waals surface area (Å²) in [6.45, 7) is 10.3. The Morgan fingerprint density at radius 1 is 1.39 bits per heavy atom. The van der Waals surface area contributed by atoms with Crippen molar-refractivity contribution in [2.75, 3.05) is 19.6 Å². The summed E-state index contributed by atoms with van der Waals surface area (Å²) in [6.07, 6.45) is 4.05. The Morgan fingerprint density at radius 2 is 2.06 bits per heavy atom. The summed E-state index contributed by atoms with van der Waals surface area (Å²) in [7, 11) is 0. The van der Waals surface area contributed by atoms with Crippen LogP contribution < -0.4 is 0 Å². The number of rotatable bonds is 6. The van der Waals surface area contributed by atoms with Crippen molar-refractivity contribution < 1.29 is 9.90 Å². The van der Waals surface area contributed by atoms with E-state index in [2.05, 4.69) is 18.7 Å². The van der Waals surface area contributed by atoms with E-state index in [9.17, 15) is 9.90 Å². The van der Waals surface area contributed by atoms with Gasteiger partial charge in [-0.2, -0.15) is 0 Å². The second-order valence-electron chi connectivity index (χ2n) is 6.35. The molecule has 2 unspecified atom stereocenters. The van der Waals surface area contributed by atoms with Gasteiger partial charge in [0.1, 0.15) is 5.78 Å². The maximum atomic E-state index is 12.0. The number of nitrogens with zero attached hydrogens (tertiary/aromatic N) is 1. The number of likely N-dealkylation sites (N-methyl/N-ethyl adjacent to an activating group) is 1. The van der Waals surface area contributed by atoms with E-state index in [4.69, 9.17) is 0 Å². The number of hydrogen-bond acceptors (Lipinski definition) is 3. The molecular formula is C15H29NO2. The average Bonchev–Trinajstić information content (AvgIpc) is 2.29. The van der Waals surface area contributed by atoms with Crippen LogP contribution in [-0.2, 0) is 4.79 Å². The molecule has 0 saturated heterocycles. The average molecular weight is 255 g/mol. The predicted molar refractivity (Wildman–Crippen MR) is 74.5 cm³/mol. The van der Waals surface area contributed by atoms with Gasteiger partial charge in [0.2, 0.25) is 0 Å². The SMILES string of the molecule is CCC1CCC(=O)C(CN(CC)CC(C)(C)O)C1. The zero-order valence-corrected chi connectivity index (χ0v) is 12.4. The highest BCUT2D eigenvalue weighted by molar-refractivity contribution is 5.81. The molecule has 2 atom stereocenters. The molecule has 1 fully saturated rings. The fraction of sp³-hybridized carbons (Fsp3) is 0.933. The molecule has 18 heavy (non-hydrogen) atoms. The number of aliphatic hydroxyl groups is 1. The second kappa shape index (κ2) is 6.67. The van der Waals surface area contributed by atoms with Crippen molar-refractivity contribution in [3.8, 4) is 0 Å². The molecule has 0 aromatic rings. The van der Waals surface area contributed by atoms with Gasteiger partial charge in [-0.05, 0) is 39.2 Å². The summed E-state index contributed by atoms with van der Waals surface area (Å²) in [6, 6.07) is 0. The molecule has 1 saturated carbocycles. The van der Waals surface area contributed by atoms with Crippen LogP contribution in [0.2, 0.25) is 0 Å². The van der Waals surface area contributed by atoms with Crippen LogP contribution in [0, 0.1) is 11.8 Å². The van der Waals surface area contributed by atoms with Crippen LogP contribution >= 0.6 is 0 Å². The Hall–Kier alpha value is -0.410. The van der Waals surface area contributed by atoms with Crippen LogP contribution in [0.25, 0.3) is 0 Å². The Labute approximate surface area is 112 Å². The van der Waals surface area contributed by atoms with Crippen LogP contribution in [0.4, 0.5) is 0 Å². The first-order valence-corrected chi connectivity index (χ1v) is 7.33. The third-order valence-corrected chi connectivity index (χ3v) is 3.99. The molecule has 1 N–H and O–H groups in total. The van der Waals surface area contributed by atoms with Gasteiger partial charge in [-0.15, -0.1) is 0 Å². The van der Waals surface area contributed by atoms with Crippen LogP contribution in [0.5, 0.6) is 0 Å². The molecule has 3 nitrogen and oxygen atoms in total. The Balaban J connectivity index is 2.54. The lowest BCUT2D eigenvalue weighted by Crippen LogP contribution is -2.43. The summed E-state index contributed by atoms with van der Waals surface area (Å²) < 4.78 is 0. The first kappa shape index (κ1) is 15.6. The molecule has 106 valence electrons. The number of Topliss-reactive ketones (excluding diaryl/α,β-unsaturated/α-hetero) is 1. The van der Waals surface area contributed by atoms with Gasteiger partial charge in [0.15, 0.2) is 0 Å². The minimum Gasteiger partial charge on any atom is -0.389 e. The van der Waals surface area contributed by atoms with Gasteiger partial charge < -0.3 is 10.0 Å². The first-order valence-electron chi connectivity index (χ1n) is 7.33. The lowest BCUT2D eigenvalue weighted by Gasteiger charge is -2.34. The number of ketones is 1. The largest absolute Gasteiger partial charge is 0.389 e. The van der Waals surface area contributed by atoms with Crippen molar-refractivity contribution in [2.45, 2.75) is 59.0 Å². The highest BCUT2D eigenvalue weighted by Gasteiger charge is 2.30. The number of carbonyl (C=O) groups excluding carboxylic acids is 1. The van der Waals surface area contributed by atoms with Gasteiger partial charge in [-0.1, -0.05) is 20.3 Å². The standard InChI is InChI=1S/C15H29NO2/c1-5-12-7-8-14(17)13(9-12)10-16(6-2)11-15(3,4)18/h12-13,18H,5-11H2,1-4H3. The minimum absolute atomic E-state index is 0.186. The van der Waals surface area contributed by atoms with Crippen molar-refractivity contribution >= 4 is 5.78 Å². The van der Waals surface area contributed by atoms with Gasteiger partial charge in [-0.3, -0.25) is 4.79 Å². The Bertz CT molecular complexity index is 270. The highest BCUT2D eigenvalue weighted by Crippen LogP contribution is 2.29. The van der Waals surface area contributed by atoms with E-state index >= 15 is 0 Å². The van der Waals surface area contributed by atoms with Gasteiger partial charge in [0, 0.05) is 25.4 Å². The third kappa shape index (κ3) is 5.07. The summed E-state index contributed by atoms with van der Waals surface area (Å²) in [5.41, 5.74) is -0.683. The molecule has 0 spiro atoms. The smallest absolute Gasteiger partial charge is 0.137 e. The van der Waals surface area contributed by atoms with Gasteiger partial charge >= 0.3 is 0 Å². The summed E-state index contributed by atoms with van der Waals surface area (Å²) >= 11 is 0. The molecule has 1 aliphatic carbocycles. The molecule has 0 radical (unpaired) electrons. The van der Waals surface area contributed by atoms with E-state index in [1.807, 2.05) is 13.8 Å². The van der Waals surface area contributed by atoms with E-state index in [0.717, 1.165) is 32.4 Å². The fourth-order valence-electron chi connectivity index (χ4n) is 2.91. The lowest BCUT2D eigenvalue weighted by atomic mass is 9.79. The van der Waals surface area contributed by atoms with Gasteiger partial charge in [0.05, 0.1) is 5.60 Å². The molecular weight excluding hydrogens is 226 g/mol. The topological polar surface area (TPSA) is 40.5 Å². The van der Waals surface area contributed by atoms with Gasteiger partial charge in [0.25, 0.3) is 0 Å². The van der Waals surface area contributed by atoms with Gasteiger partial charge in [-0.25, -0.2) is 0 Å². The molecule has 0 aromatic carbocycles. The molecule has 3 heteroatoms. The van der Waals surface area contributed by atoms with Crippen LogP contribution in [-0.4, -0.2) is 41.0 Å². The first-order chi connectivity index (χ1) is 8.35. The van der Waals surface area contributed by atoms with Crippen molar-refractivity contribution in [3.05, 3.63) is 0 Å². The van der Waals surface area contributed by atoms with E-state index in [-0.39, 0.29) is 5.92 Å². The summed E-state index contributed by atoms with van der Waals surface area (Å²) in [4.78, 5) is 14.2. The Morgan fingerprint density at radius 3 is 2.56 bits per heavy atom. The highest BCUT2D eigenvalue weighted by atomic mass is 16.3. The third-order valence-electron chi connectivity index (χ3n) is 3.99. The molecule has 0 amide bonds. The molecule has 0 aromatic heterocycles. The van der Waals surface area contributed by atoms with E-state index in [1.54, 1.807) is 0 Å². The lowest BCUT2D eigenvalue weighted by molar-refractivity contribution is -0.126. The zero-order valence-electron chi connectivity index (χ0n) is 12.4. The summed E-state index contributed by atoms with van der Waals surface area (Å²) in [5, 5.41) is 9.89. The van der Waals surface area contributed by atoms with Crippen LogP contribution in [0.1, 0.15) is 53.4 Å². The minimum atomic E-state index is -0.683. The second-order valence-corrected chi connectivity index (χ2v) is 6.35. The van der Waals surface area contributed by atoms with E-state index in [0.29, 0.717) is 18.2 Å². The molecule has 1 rings (SSSR count). The number of carbonyl (C=O) groups is 1. The Kier molecular flexibility index (Phi) is 5.80. The molecule has 0 heterocycles. The number of hydrogen-bond donors (Lipinski definition) is 1. The summed E-state index contributed by atoms with van der Waals surface area (Å²) in [5.74, 6) is 1.33. The maximum Gasteiger partial charge on any atom is 0.137 e. The molecule has 1 aliphatic rings. The normalized spacial score (nSPS) is 25.8. The molecule has 0 aliphatic heterocycles. The van der Waals surface area contributed by atoms with Crippen molar-refractivity contribution in [3.63, 3.8) is 0 Å². The monoisotopic (exact) mass is 255 g/mol. The fourth-order valence-corrected chi connectivity index (χ4v) is 2.91. The van der Waals surface area contributed by atoms with Crippen molar-refractivity contribution in [1.29, 1.82) is 0 Å². The van der Waals surface area contributed by atoms with E-state index in [1.165, 1.54) is 6.42 Å². The quantitative estimate of drug-likeness (QED) is 0.792. The maximum absolute atomic E-state index is 12.0. The van der Waals surface area contributed by atoms with Crippen LogP contribution in [0.15, 0.2) is 0 Å².